The van der Waals surface area contributed by atoms with E-state index in [4.69, 9.17) is 0 Å². The summed E-state index contributed by atoms with van der Waals surface area (Å²) in [5.41, 5.74) is 1.18. The lowest BCUT2D eigenvalue weighted by molar-refractivity contribution is 0.555. The highest BCUT2D eigenvalue weighted by molar-refractivity contribution is 7.91. The zero-order chi connectivity index (χ0) is 13.3. The van der Waals surface area contributed by atoms with E-state index >= 15 is 0 Å². The van der Waals surface area contributed by atoms with Crippen LogP contribution in [-0.2, 0) is 16.4 Å². The number of hydrogen-bond acceptors (Lipinski definition) is 4. The fraction of sp³-hybridized carbons (Fsp3) is 0.357. The molecule has 1 aliphatic heterocycles. The summed E-state index contributed by atoms with van der Waals surface area (Å²) in [4.78, 5) is 4.11. The Bertz CT molecular complexity index is 692. The number of fused-ring (bicyclic) bond motifs is 1. The molecule has 0 saturated carbocycles. The quantitative estimate of drug-likeness (QED) is 0.923. The standard InChI is InChI=1S/C14H16N2O2S/c17-19(18)7-5-13(10-19)16-9-12-3-1-2-11-8-15-6-4-14(11)12/h1-4,6,8,13,16H,5,7,9-10H2. The first-order valence-corrected chi connectivity index (χ1v) is 8.22. The van der Waals surface area contributed by atoms with Gasteiger partial charge < -0.3 is 5.32 Å². The fourth-order valence-corrected chi connectivity index (χ4v) is 4.26. The second-order valence-corrected chi connectivity index (χ2v) is 7.22. The Balaban J connectivity index is 1.76. The Hall–Kier alpha value is -1.46. The second-order valence-electron chi connectivity index (χ2n) is 4.99. The smallest absolute Gasteiger partial charge is 0.151 e. The van der Waals surface area contributed by atoms with Crippen molar-refractivity contribution in [1.29, 1.82) is 0 Å². The summed E-state index contributed by atoms with van der Waals surface area (Å²) in [6.07, 6.45) is 4.35. The highest BCUT2D eigenvalue weighted by Gasteiger charge is 2.27. The van der Waals surface area contributed by atoms with Crippen molar-refractivity contribution in [3.05, 3.63) is 42.2 Å². The highest BCUT2D eigenvalue weighted by Crippen LogP contribution is 2.18. The minimum atomic E-state index is -2.81. The van der Waals surface area contributed by atoms with Crippen LogP contribution in [0.4, 0.5) is 0 Å². The maximum absolute atomic E-state index is 11.4. The summed E-state index contributed by atoms with van der Waals surface area (Å²) in [5, 5.41) is 5.63. The summed E-state index contributed by atoms with van der Waals surface area (Å²) in [7, 11) is -2.81. The third kappa shape index (κ3) is 2.77. The Morgan fingerprint density at radius 2 is 2.21 bits per heavy atom. The monoisotopic (exact) mass is 276 g/mol. The van der Waals surface area contributed by atoms with Gasteiger partial charge in [-0.3, -0.25) is 4.98 Å². The third-order valence-electron chi connectivity index (χ3n) is 3.58. The molecule has 2 heterocycles. The summed E-state index contributed by atoms with van der Waals surface area (Å²) in [6, 6.07) is 8.19. The number of nitrogens with zero attached hydrogens (tertiary/aromatic N) is 1. The normalized spacial score (nSPS) is 21.8. The van der Waals surface area contributed by atoms with E-state index < -0.39 is 9.84 Å². The molecule has 2 aromatic rings. The van der Waals surface area contributed by atoms with Crippen LogP contribution in [0.15, 0.2) is 36.7 Å². The topological polar surface area (TPSA) is 59.1 Å². The molecular weight excluding hydrogens is 260 g/mol. The van der Waals surface area contributed by atoms with Crippen molar-refractivity contribution in [2.45, 2.75) is 19.0 Å². The predicted octanol–water partition coefficient (Wildman–Crippen LogP) is 1.51. The highest BCUT2D eigenvalue weighted by atomic mass is 32.2. The van der Waals surface area contributed by atoms with E-state index in [1.54, 1.807) is 6.20 Å². The van der Waals surface area contributed by atoms with Crippen molar-refractivity contribution < 1.29 is 8.42 Å². The molecule has 1 saturated heterocycles. The van der Waals surface area contributed by atoms with Gasteiger partial charge in [0.05, 0.1) is 11.5 Å². The van der Waals surface area contributed by atoms with E-state index in [2.05, 4.69) is 16.4 Å². The molecule has 1 aliphatic rings. The van der Waals surface area contributed by atoms with Gasteiger partial charge in [-0.25, -0.2) is 8.42 Å². The van der Waals surface area contributed by atoms with Gasteiger partial charge in [-0.2, -0.15) is 0 Å². The molecule has 1 aromatic carbocycles. The molecule has 1 atom stereocenters. The Morgan fingerprint density at radius 3 is 3.00 bits per heavy atom. The molecule has 3 rings (SSSR count). The maximum Gasteiger partial charge on any atom is 0.151 e. The van der Waals surface area contributed by atoms with Gasteiger partial charge in [-0.05, 0) is 23.4 Å². The molecular formula is C14H16N2O2S. The number of pyridine rings is 1. The van der Waals surface area contributed by atoms with Crippen molar-refractivity contribution in [2.24, 2.45) is 0 Å². The average molecular weight is 276 g/mol. The van der Waals surface area contributed by atoms with Gasteiger partial charge in [-0.15, -0.1) is 0 Å². The van der Waals surface area contributed by atoms with Gasteiger partial charge in [0.15, 0.2) is 9.84 Å². The molecule has 0 amide bonds. The molecule has 1 unspecified atom stereocenters. The SMILES string of the molecule is O=S1(=O)CCC(NCc2cccc3cnccc23)C1. The van der Waals surface area contributed by atoms with Crippen LogP contribution in [0.25, 0.3) is 10.8 Å². The lowest BCUT2D eigenvalue weighted by Gasteiger charge is -2.12. The molecule has 100 valence electrons. The van der Waals surface area contributed by atoms with Gasteiger partial charge in [0.1, 0.15) is 0 Å². The van der Waals surface area contributed by atoms with E-state index in [1.165, 1.54) is 10.9 Å². The summed E-state index contributed by atoms with van der Waals surface area (Å²) in [5.74, 6) is 0.573. The molecule has 1 aromatic heterocycles. The van der Waals surface area contributed by atoms with Crippen LogP contribution in [0.3, 0.4) is 0 Å². The molecule has 1 fully saturated rings. The zero-order valence-corrected chi connectivity index (χ0v) is 11.4. The van der Waals surface area contributed by atoms with Crippen LogP contribution < -0.4 is 5.32 Å². The fourth-order valence-electron chi connectivity index (χ4n) is 2.55. The van der Waals surface area contributed by atoms with Gasteiger partial charge in [-0.1, -0.05) is 18.2 Å². The van der Waals surface area contributed by atoms with Gasteiger partial charge >= 0.3 is 0 Å². The molecule has 4 nitrogen and oxygen atoms in total. The van der Waals surface area contributed by atoms with E-state index in [0.717, 1.165) is 5.39 Å². The van der Waals surface area contributed by atoms with E-state index in [-0.39, 0.29) is 11.8 Å². The lowest BCUT2D eigenvalue weighted by Crippen LogP contribution is -2.29. The molecule has 0 spiro atoms. The molecule has 0 aliphatic carbocycles. The number of nitrogens with one attached hydrogen (secondary N) is 1. The predicted molar refractivity (Wildman–Crippen MR) is 75.6 cm³/mol. The van der Waals surface area contributed by atoms with Crippen LogP contribution in [0.2, 0.25) is 0 Å². The lowest BCUT2D eigenvalue weighted by atomic mass is 10.1. The Labute approximate surface area is 112 Å². The van der Waals surface area contributed by atoms with E-state index in [1.807, 2.05) is 24.4 Å². The van der Waals surface area contributed by atoms with Crippen LogP contribution in [0.5, 0.6) is 0 Å². The minimum absolute atomic E-state index is 0.0853. The van der Waals surface area contributed by atoms with Crippen LogP contribution in [0.1, 0.15) is 12.0 Å². The van der Waals surface area contributed by atoms with Crippen molar-refractivity contribution in [3.63, 3.8) is 0 Å². The average Bonchev–Trinajstić information content (AvgIpc) is 2.76. The van der Waals surface area contributed by atoms with E-state index in [9.17, 15) is 8.42 Å². The number of benzene rings is 1. The summed E-state index contributed by atoms with van der Waals surface area (Å²) < 4.78 is 22.8. The number of sulfone groups is 1. The molecule has 0 bridgehead atoms. The summed E-state index contributed by atoms with van der Waals surface area (Å²) in [6.45, 7) is 0.696. The van der Waals surface area contributed by atoms with Gasteiger partial charge in [0.2, 0.25) is 0 Å². The Kier molecular flexibility index (Phi) is 3.24. The van der Waals surface area contributed by atoms with E-state index in [0.29, 0.717) is 18.7 Å². The molecule has 0 radical (unpaired) electrons. The van der Waals surface area contributed by atoms with Crippen molar-refractivity contribution >= 4 is 20.6 Å². The van der Waals surface area contributed by atoms with Crippen molar-refractivity contribution in [1.82, 2.24) is 10.3 Å². The van der Waals surface area contributed by atoms with Crippen LogP contribution >= 0.6 is 0 Å². The molecule has 19 heavy (non-hydrogen) atoms. The first kappa shape index (κ1) is 12.6. The number of hydrogen-bond donors (Lipinski definition) is 1. The third-order valence-corrected chi connectivity index (χ3v) is 5.35. The zero-order valence-electron chi connectivity index (χ0n) is 10.5. The molecule has 5 heteroatoms. The maximum atomic E-state index is 11.4. The number of rotatable bonds is 3. The second kappa shape index (κ2) is 4.90. The van der Waals surface area contributed by atoms with Crippen LogP contribution in [0, 0.1) is 0 Å². The first-order valence-electron chi connectivity index (χ1n) is 6.39. The molecule has 1 N–H and O–H groups in total. The van der Waals surface area contributed by atoms with Gasteiger partial charge in [0, 0.05) is 30.4 Å². The number of aromatic nitrogens is 1. The van der Waals surface area contributed by atoms with Crippen LogP contribution in [-0.4, -0.2) is 30.9 Å². The van der Waals surface area contributed by atoms with Crippen molar-refractivity contribution in [2.75, 3.05) is 11.5 Å². The van der Waals surface area contributed by atoms with Crippen molar-refractivity contribution in [3.8, 4) is 0 Å². The first-order chi connectivity index (χ1) is 9.14. The van der Waals surface area contributed by atoms with Gasteiger partial charge in [0.25, 0.3) is 0 Å². The largest absolute Gasteiger partial charge is 0.309 e. The summed E-state index contributed by atoms with van der Waals surface area (Å²) >= 11 is 0. The minimum Gasteiger partial charge on any atom is -0.309 e. The Morgan fingerprint density at radius 1 is 1.32 bits per heavy atom.